The molecule has 3 rings (SSSR count). The van der Waals surface area contributed by atoms with Gasteiger partial charge in [-0.3, -0.25) is 20.4 Å². The van der Waals surface area contributed by atoms with Gasteiger partial charge in [0.15, 0.2) is 6.61 Å². The third-order valence-electron chi connectivity index (χ3n) is 3.66. The van der Waals surface area contributed by atoms with Crippen LogP contribution in [0, 0.1) is 0 Å². The number of rotatable bonds is 5. The molecule has 0 aromatic heterocycles. The first-order valence-electron chi connectivity index (χ1n) is 8.15. The Balaban J connectivity index is 1.48. The van der Waals surface area contributed by atoms with E-state index in [0.717, 1.165) is 16.3 Å². The zero-order valence-electron chi connectivity index (χ0n) is 14.0. The molecule has 2 N–H and O–H groups in total. The molecule has 0 saturated carbocycles. The standard InChI is InChI=1S/C21H18N2O3/c24-20(14-13-16-7-2-1-3-8-16)22-23-21(25)15-26-19-12-6-10-17-9-4-5-11-18(17)19/h1-14H,15H2,(H,22,24)(H,23,25). The normalized spacial score (nSPS) is 10.6. The predicted octanol–water partition coefficient (Wildman–Crippen LogP) is 3.08. The van der Waals surface area contributed by atoms with E-state index in [9.17, 15) is 9.59 Å². The van der Waals surface area contributed by atoms with Crippen LogP contribution in [-0.4, -0.2) is 18.4 Å². The van der Waals surface area contributed by atoms with E-state index >= 15 is 0 Å². The summed E-state index contributed by atoms with van der Waals surface area (Å²) in [5.41, 5.74) is 5.54. The molecule has 3 aromatic carbocycles. The van der Waals surface area contributed by atoms with E-state index in [4.69, 9.17) is 4.74 Å². The molecule has 26 heavy (non-hydrogen) atoms. The summed E-state index contributed by atoms with van der Waals surface area (Å²) in [5.74, 6) is -0.250. The lowest BCUT2D eigenvalue weighted by Gasteiger charge is -2.09. The maximum atomic E-state index is 11.9. The lowest BCUT2D eigenvalue weighted by Crippen LogP contribution is -2.43. The van der Waals surface area contributed by atoms with Crippen molar-refractivity contribution in [1.29, 1.82) is 0 Å². The summed E-state index contributed by atoms with van der Waals surface area (Å²) < 4.78 is 5.56. The first-order chi connectivity index (χ1) is 12.7. The van der Waals surface area contributed by atoms with Crippen LogP contribution in [0.5, 0.6) is 5.75 Å². The van der Waals surface area contributed by atoms with Crippen LogP contribution in [-0.2, 0) is 9.59 Å². The van der Waals surface area contributed by atoms with Crippen LogP contribution in [0.3, 0.4) is 0 Å². The van der Waals surface area contributed by atoms with Gasteiger partial charge in [-0.1, -0.05) is 66.7 Å². The Kier molecular flexibility index (Phi) is 5.62. The fraction of sp³-hybridized carbons (Fsp3) is 0.0476. The van der Waals surface area contributed by atoms with Crippen LogP contribution in [0.15, 0.2) is 78.9 Å². The lowest BCUT2D eigenvalue weighted by atomic mass is 10.1. The SMILES string of the molecule is O=C(C=Cc1ccccc1)NNC(=O)COc1cccc2ccccc12. The van der Waals surface area contributed by atoms with E-state index in [-0.39, 0.29) is 6.61 Å². The third-order valence-corrected chi connectivity index (χ3v) is 3.66. The maximum absolute atomic E-state index is 11.9. The van der Waals surface area contributed by atoms with E-state index in [1.807, 2.05) is 66.7 Å². The highest BCUT2D eigenvalue weighted by Crippen LogP contribution is 2.24. The molecule has 5 nitrogen and oxygen atoms in total. The minimum Gasteiger partial charge on any atom is -0.483 e. The summed E-state index contributed by atoms with van der Waals surface area (Å²) >= 11 is 0. The van der Waals surface area contributed by atoms with Crippen LogP contribution in [0.25, 0.3) is 16.8 Å². The summed E-state index contributed by atoms with van der Waals surface area (Å²) in [6.45, 7) is -0.198. The van der Waals surface area contributed by atoms with Crippen molar-refractivity contribution in [2.75, 3.05) is 6.61 Å². The topological polar surface area (TPSA) is 67.4 Å². The number of hydrogen-bond acceptors (Lipinski definition) is 3. The molecule has 0 aliphatic heterocycles. The van der Waals surface area contributed by atoms with Crippen LogP contribution in [0.2, 0.25) is 0 Å². The number of ether oxygens (including phenoxy) is 1. The minimum atomic E-state index is -0.445. The number of benzene rings is 3. The second-order valence-electron chi connectivity index (χ2n) is 5.55. The fourth-order valence-corrected chi connectivity index (χ4v) is 2.41. The quantitative estimate of drug-likeness (QED) is 0.551. The third kappa shape index (κ3) is 4.70. The summed E-state index contributed by atoms with van der Waals surface area (Å²) in [7, 11) is 0. The Labute approximate surface area is 151 Å². The fourth-order valence-electron chi connectivity index (χ4n) is 2.41. The largest absolute Gasteiger partial charge is 0.483 e. The second-order valence-corrected chi connectivity index (χ2v) is 5.55. The molecule has 0 aliphatic rings. The van der Waals surface area contributed by atoms with Gasteiger partial charge in [-0.25, -0.2) is 0 Å². The summed E-state index contributed by atoms with van der Waals surface area (Å²) in [5, 5.41) is 1.96. The van der Waals surface area contributed by atoms with Crippen molar-refractivity contribution in [3.63, 3.8) is 0 Å². The van der Waals surface area contributed by atoms with E-state index in [1.54, 1.807) is 12.1 Å². The number of nitrogens with one attached hydrogen (secondary N) is 2. The van der Waals surface area contributed by atoms with Crippen molar-refractivity contribution >= 4 is 28.7 Å². The number of carbonyl (C=O) groups excluding carboxylic acids is 2. The first kappa shape index (κ1) is 17.2. The van der Waals surface area contributed by atoms with Gasteiger partial charge in [-0.15, -0.1) is 0 Å². The van der Waals surface area contributed by atoms with Crippen LogP contribution >= 0.6 is 0 Å². The van der Waals surface area contributed by atoms with Gasteiger partial charge in [0.05, 0.1) is 0 Å². The molecule has 0 radical (unpaired) electrons. The van der Waals surface area contributed by atoms with E-state index in [2.05, 4.69) is 10.9 Å². The van der Waals surface area contributed by atoms with E-state index in [0.29, 0.717) is 5.75 Å². The molecule has 0 atom stereocenters. The van der Waals surface area contributed by atoms with Gasteiger partial charge in [-0.2, -0.15) is 0 Å². The number of amides is 2. The molecular weight excluding hydrogens is 328 g/mol. The Morgan fingerprint density at radius 1 is 0.846 bits per heavy atom. The molecule has 0 aliphatic carbocycles. The predicted molar refractivity (Wildman–Crippen MR) is 101 cm³/mol. The average molecular weight is 346 g/mol. The molecule has 3 aromatic rings. The first-order valence-corrected chi connectivity index (χ1v) is 8.15. The highest BCUT2D eigenvalue weighted by Gasteiger charge is 2.06. The molecule has 0 saturated heterocycles. The molecule has 0 heterocycles. The second kappa shape index (κ2) is 8.48. The number of hydrogen-bond donors (Lipinski definition) is 2. The van der Waals surface area contributed by atoms with Gasteiger partial charge in [0.1, 0.15) is 5.75 Å². The summed E-state index contributed by atoms with van der Waals surface area (Å²) in [6, 6.07) is 22.8. The maximum Gasteiger partial charge on any atom is 0.276 e. The van der Waals surface area contributed by atoms with Gasteiger partial charge >= 0.3 is 0 Å². The van der Waals surface area contributed by atoms with Crippen molar-refractivity contribution in [1.82, 2.24) is 10.9 Å². The molecule has 0 bridgehead atoms. The van der Waals surface area contributed by atoms with Crippen molar-refractivity contribution in [2.45, 2.75) is 0 Å². The van der Waals surface area contributed by atoms with Gasteiger partial charge in [-0.05, 0) is 23.1 Å². The van der Waals surface area contributed by atoms with E-state index < -0.39 is 11.8 Å². The molecule has 0 spiro atoms. The zero-order valence-corrected chi connectivity index (χ0v) is 14.0. The van der Waals surface area contributed by atoms with Crippen LogP contribution in [0.4, 0.5) is 0 Å². The molecular formula is C21H18N2O3. The smallest absolute Gasteiger partial charge is 0.276 e. The molecule has 0 unspecified atom stereocenters. The minimum absolute atomic E-state index is 0.198. The van der Waals surface area contributed by atoms with Gasteiger partial charge in [0.2, 0.25) is 0 Å². The summed E-state index contributed by atoms with van der Waals surface area (Å²) in [6.07, 6.45) is 3.01. The molecule has 130 valence electrons. The van der Waals surface area contributed by atoms with Crippen molar-refractivity contribution in [3.8, 4) is 5.75 Å². The Morgan fingerprint density at radius 3 is 2.42 bits per heavy atom. The highest BCUT2D eigenvalue weighted by atomic mass is 16.5. The zero-order chi connectivity index (χ0) is 18.2. The Morgan fingerprint density at radius 2 is 1.58 bits per heavy atom. The number of hydrazine groups is 1. The number of carbonyl (C=O) groups is 2. The molecule has 0 fully saturated rings. The Bertz CT molecular complexity index is 931. The summed E-state index contributed by atoms with van der Waals surface area (Å²) in [4.78, 5) is 23.6. The molecule has 2 amide bonds. The van der Waals surface area contributed by atoms with Crippen LogP contribution < -0.4 is 15.6 Å². The van der Waals surface area contributed by atoms with Crippen molar-refractivity contribution < 1.29 is 14.3 Å². The van der Waals surface area contributed by atoms with Gasteiger partial charge < -0.3 is 4.74 Å². The van der Waals surface area contributed by atoms with Crippen LogP contribution in [0.1, 0.15) is 5.56 Å². The highest BCUT2D eigenvalue weighted by molar-refractivity contribution is 5.93. The monoisotopic (exact) mass is 346 g/mol. The van der Waals surface area contributed by atoms with Crippen molar-refractivity contribution in [3.05, 3.63) is 84.4 Å². The lowest BCUT2D eigenvalue weighted by molar-refractivity contribution is -0.128. The Hall–Kier alpha value is -3.60. The van der Waals surface area contributed by atoms with Crippen molar-refractivity contribution in [2.24, 2.45) is 0 Å². The number of fused-ring (bicyclic) bond motifs is 1. The average Bonchev–Trinajstić information content (AvgIpc) is 2.70. The van der Waals surface area contributed by atoms with E-state index in [1.165, 1.54) is 6.08 Å². The molecule has 5 heteroatoms. The van der Waals surface area contributed by atoms with Gasteiger partial charge in [0, 0.05) is 11.5 Å². The van der Waals surface area contributed by atoms with Gasteiger partial charge in [0.25, 0.3) is 11.8 Å².